The van der Waals surface area contributed by atoms with Gasteiger partial charge in [-0.25, -0.2) is 4.98 Å². The number of pyridine rings is 1. The largest absolute Gasteiger partial charge is 0.452 e. The minimum atomic E-state index is 0.187. The molecule has 20 heavy (non-hydrogen) atoms. The second-order valence-corrected chi connectivity index (χ2v) is 4.95. The van der Waals surface area contributed by atoms with E-state index in [1.54, 1.807) is 6.20 Å². The van der Waals surface area contributed by atoms with E-state index in [1.807, 2.05) is 17.6 Å². The van der Waals surface area contributed by atoms with Gasteiger partial charge in [-0.05, 0) is 13.0 Å². The molecule has 7 nitrogen and oxygen atoms in total. The quantitative estimate of drug-likeness (QED) is 0.608. The summed E-state index contributed by atoms with van der Waals surface area (Å²) in [5, 5.41) is 9.00. The van der Waals surface area contributed by atoms with Gasteiger partial charge >= 0.3 is 0 Å². The fourth-order valence-electron chi connectivity index (χ4n) is 1.92. The average Bonchev–Trinajstić information content (AvgIpc) is 3.10. The molecule has 0 saturated heterocycles. The van der Waals surface area contributed by atoms with Crippen LogP contribution in [0.5, 0.6) is 11.6 Å². The molecule has 0 spiro atoms. The van der Waals surface area contributed by atoms with Crippen LogP contribution < -0.4 is 9.47 Å². The standard InChI is InChI=1S/C12H12N4O3S/c1-2-16-10(14-15-12(16)20-4-3-17)8-5-9-11(13-6-8)19-7-18-9/h3,5-6H,2,4,7H2,1H3. The first kappa shape index (κ1) is 12.9. The van der Waals surface area contributed by atoms with Gasteiger partial charge in [0.15, 0.2) is 16.7 Å². The molecule has 0 radical (unpaired) electrons. The van der Waals surface area contributed by atoms with Crippen LogP contribution in [0.2, 0.25) is 0 Å². The SMILES string of the molecule is CCn1c(SCC=O)nnc1-c1cnc2c(c1)OCO2. The minimum Gasteiger partial charge on any atom is -0.452 e. The van der Waals surface area contributed by atoms with Gasteiger partial charge in [-0.2, -0.15) is 0 Å². The third kappa shape index (κ3) is 2.22. The number of ether oxygens (including phenoxy) is 2. The second kappa shape index (κ2) is 5.49. The maximum atomic E-state index is 10.5. The van der Waals surface area contributed by atoms with Gasteiger partial charge in [0.2, 0.25) is 6.79 Å². The predicted octanol–water partition coefficient (Wildman–Crippen LogP) is 1.38. The summed E-state index contributed by atoms with van der Waals surface area (Å²) in [7, 11) is 0. The highest BCUT2D eigenvalue weighted by Crippen LogP contribution is 2.33. The summed E-state index contributed by atoms with van der Waals surface area (Å²) in [6.07, 6.45) is 2.53. The van der Waals surface area contributed by atoms with E-state index in [2.05, 4.69) is 15.2 Å². The van der Waals surface area contributed by atoms with Gasteiger partial charge in [0.25, 0.3) is 5.88 Å². The number of nitrogens with zero attached hydrogens (tertiary/aromatic N) is 4. The van der Waals surface area contributed by atoms with Crippen LogP contribution in [0, 0.1) is 0 Å². The van der Waals surface area contributed by atoms with Crippen molar-refractivity contribution in [1.82, 2.24) is 19.7 Å². The number of hydrogen-bond donors (Lipinski definition) is 0. The van der Waals surface area contributed by atoms with Crippen LogP contribution in [0.3, 0.4) is 0 Å². The van der Waals surface area contributed by atoms with Crippen molar-refractivity contribution >= 4 is 18.0 Å². The Morgan fingerprint density at radius 3 is 3.15 bits per heavy atom. The van der Waals surface area contributed by atoms with Crippen molar-refractivity contribution in [3.8, 4) is 23.0 Å². The average molecular weight is 292 g/mol. The molecular weight excluding hydrogens is 280 g/mol. The molecule has 0 fully saturated rings. The molecular formula is C12H12N4O3S. The second-order valence-electron chi connectivity index (χ2n) is 3.96. The fraction of sp³-hybridized carbons (Fsp3) is 0.333. The lowest BCUT2D eigenvalue weighted by Crippen LogP contribution is -2.00. The molecule has 0 aliphatic carbocycles. The number of carbonyl (C=O) groups excluding carboxylic acids is 1. The van der Waals surface area contributed by atoms with Crippen LogP contribution in [0.4, 0.5) is 0 Å². The molecule has 1 aliphatic rings. The number of hydrogen-bond acceptors (Lipinski definition) is 7. The summed E-state index contributed by atoms with van der Waals surface area (Å²) >= 11 is 1.36. The van der Waals surface area contributed by atoms with Gasteiger partial charge in [-0.15, -0.1) is 10.2 Å². The highest BCUT2D eigenvalue weighted by molar-refractivity contribution is 7.99. The normalized spacial score (nSPS) is 12.7. The summed E-state index contributed by atoms with van der Waals surface area (Å²) in [6, 6.07) is 1.83. The van der Waals surface area contributed by atoms with Crippen molar-refractivity contribution in [1.29, 1.82) is 0 Å². The Balaban J connectivity index is 1.97. The van der Waals surface area contributed by atoms with Crippen molar-refractivity contribution in [2.24, 2.45) is 0 Å². The molecule has 104 valence electrons. The van der Waals surface area contributed by atoms with E-state index in [-0.39, 0.29) is 6.79 Å². The Morgan fingerprint density at radius 1 is 1.45 bits per heavy atom. The monoisotopic (exact) mass is 292 g/mol. The smallest absolute Gasteiger partial charge is 0.260 e. The Hall–Kier alpha value is -2.09. The minimum absolute atomic E-state index is 0.187. The first-order valence-electron chi connectivity index (χ1n) is 6.09. The van der Waals surface area contributed by atoms with Gasteiger partial charge in [0.05, 0.1) is 5.75 Å². The zero-order valence-electron chi connectivity index (χ0n) is 10.8. The molecule has 0 atom stereocenters. The molecule has 3 heterocycles. The van der Waals surface area contributed by atoms with Crippen LogP contribution in [0.1, 0.15) is 6.92 Å². The number of rotatable bonds is 5. The first-order valence-corrected chi connectivity index (χ1v) is 7.07. The Bertz CT molecular complexity index is 644. The summed E-state index contributed by atoms with van der Waals surface area (Å²) in [5.74, 6) is 2.16. The Labute approximate surface area is 119 Å². The van der Waals surface area contributed by atoms with Gasteiger partial charge in [-0.1, -0.05) is 11.8 Å². The Morgan fingerprint density at radius 2 is 2.35 bits per heavy atom. The lowest BCUT2D eigenvalue weighted by atomic mass is 10.2. The van der Waals surface area contributed by atoms with Crippen LogP contribution >= 0.6 is 11.8 Å². The molecule has 8 heteroatoms. The van der Waals surface area contributed by atoms with Crippen molar-refractivity contribution in [2.75, 3.05) is 12.5 Å². The molecule has 0 unspecified atom stereocenters. The van der Waals surface area contributed by atoms with E-state index in [0.29, 0.717) is 34.9 Å². The van der Waals surface area contributed by atoms with Crippen LogP contribution in [-0.2, 0) is 11.3 Å². The molecule has 0 aromatic carbocycles. The van der Waals surface area contributed by atoms with Gasteiger partial charge in [0, 0.05) is 18.3 Å². The highest BCUT2D eigenvalue weighted by Gasteiger charge is 2.19. The van der Waals surface area contributed by atoms with Crippen molar-refractivity contribution in [2.45, 2.75) is 18.6 Å². The maximum absolute atomic E-state index is 10.5. The molecule has 2 aromatic rings. The molecule has 2 aromatic heterocycles. The van der Waals surface area contributed by atoms with Crippen LogP contribution in [-0.4, -0.2) is 38.6 Å². The van der Waals surface area contributed by atoms with Gasteiger partial charge in [0.1, 0.15) is 6.29 Å². The fourth-order valence-corrected chi connectivity index (χ4v) is 2.60. The number of aldehydes is 1. The van der Waals surface area contributed by atoms with E-state index < -0.39 is 0 Å². The third-order valence-corrected chi connectivity index (χ3v) is 3.66. The van der Waals surface area contributed by atoms with E-state index in [0.717, 1.165) is 11.8 Å². The summed E-state index contributed by atoms with van der Waals surface area (Å²) < 4.78 is 12.4. The Kier molecular flexibility index (Phi) is 3.55. The van der Waals surface area contributed by atoms with Crippen molar-refractivity contribution in [3.63, 3.8) is 0 Å². The summed E-state index contributed by atoms with van der Waals surface area (Å²) in [6.45, 7) is 2.89. The zero-order valence-corrected chi connectivity index (χ0v) is 11.6. The van der Waals surface area contributed by atoms with E-state index in [4.69, 9.17) is 9.47 Å². The van der Waals surface area contributed by atoms with E-state index >= 15 is 0 Å². The molecule has 1 aliphatic heterocycles. The van der Waals surface area contributed by atoms with Gasteiger partial charge < -0.3 is 18.8 Å². The highest BCUT2D eigenvalue weighted by atomic mass is 32.2. The maximum Gasteiger partial charge on any atom is 0.260 e. The van der Waals surface area contributed by atoms with Crippen LogP contribution in [0.25, 0.3) is 11.4 Å². The van der Waals surface area contributed by atoms with Crippen LogP contribution in [0.15, 0.2) is 17.4 Å². The van der Waals surface area contributed by atoms with Gasteiger partial charge in [-0.3, -0.25) is 0 Å². The number of aromatic nitrogens is 4. The molecule has 3 rings (SSSR count). The predicted molar refractivity (Wildman–Crippen MR) is 71.8 cm³/mol. The van der Waals surface area contributed by atoms with Crippen molar-refractivity contribution < 1.29 is 14.3 Å². The van der Waals surface area contributed by atoms with Crippen molar-refractivity contribution in [3.05, 3.63) is 12.3 Å². The number of carbonyl (C=O) groups is 1. The molecule has 0 amide bonds. The van der Waals surface area contributed by atoms with E-state index in [1.165, 1.54) is 11.8 Å². The third-order valence-electron chi connectivity index (χ3n) is 2.80. The molecule has 0 N–H and O–H groups in total. The summed E-state index contributed by atoms with van der Waals surface area (Å²) in [5.41, 5.74) is 0.807. The van der Waals surface area contributed by atoms with E-state index in [9.17, 15) is 4.79 Å². The molecule has 0 saturated carbocycles. The first-order chi connectivity index (χ1) is 9.83. The topological polar surface area (TPSA) is 79.1 Å². The number of fused-ring (bicyclic) bond motifs is 1. The molecule has 0 bridgehead atoms. The lowest BCUT2D eigenvalue weighted by Gasteiger charge is -2.06. The lowest BCUT2D eigenvalue weighted by molar-refractivity contribution is -0.105. The zero-order chi connectivity index (χ0) is 13.9. The summed E-state index contributed by atoms with van der Waals surface area (Å²) in [4.78, 5) is 14.7. The number of thioether (sulfide) groups is 1.